The average molecular weight is 382 g/mol. The first-order valence-electron chi connectivity index (χ1n) is 8.52. The SMILES string of the molecule is Cc1cc(Cl)ccc1Nc1cnc(C(=O)N(C)CCc2ccncc2)cn1. The second kappa shape index (κ2) is 8.60. The number of benzene rings is 1. The molecule has 138 valence electrons. The lowest BCUT2D eigenvalue weighted by atomic mass is 10.2. The molecule has 0 saturated heterocycles. The van der Waals surface area contributed by atoms with Gasteiger partial charge >= 0.3 is 0 Å². The van der Waals surface area contributed by atoms with E-state index in [0.29, 0.717) is 23.1 Å². The van der Waals surface area contributed by atoms with Crippen molar-refractivity contribution in [1.29, 1.82) is 0 Å². The third kappa shape index (κ3) is 5.01. The molecule has 1 amide bonds. The number of nitrogens with zero attached hydrogens (tertiary/aromatic N) is 4. The van der Waals surface area contributed by atoms with Crippen LogP contribution in [0.25, 0.3) is 0 Å². The standard InChI is InChI=1S/C20H20ClN5O/c1-14-11-16(21)3-4-17(14)25-19-13-23-18(12-24-19)20(27)26(2)10-7-15-5-8-22-9-6-15/h3-6,8-9,11-13H,7,10H2,1-2H3,(H,24,25). The number of anilines is 2. The van der Waals surface area contributed by atoms with E-state index in [1.165, 1.54) is 6.20 Å². The van der Waals surface area contributed by atoms with Crippen molar-refractivity contribution in [1.82, 2.24) is 19.9 Å². The van der Waals surface area contributed by atoms with E-state index in [4.69, 9.17) is 11.6 Å². The van der Waals surface area contributed by atoms with Crippen LogP contribution in [0.2, 0.25) is 5.02 Å². The summed E-state index contributed by atoms with van der Waals surface area (Å²) >= 11 is 5.97. The van der Waals surface area contributed by atoms with Crippen LogP contribution >= 0.6 is 11.6 Å². The minimum absolute atomic E-state index is 0.161. The second-order valence-corrected chi connectivity index (χ2v) is 6.64. The highest BCUT2D eigenvalue weighted by Crippen LogP contribution is 2.22. The lowest BCUT2D eigenvalue weighted by Gasteiger charge is -2.16. The summed E-state index contributed by atoms with van der Waals surface area (Å²) < 4.78 is 0. The molecule has 0 aliphatic heterocycles. The van der Waals surface area contributed by atoms with Crippen LogP contribution in [0.1, 0.15) is 21.6 Å². The highest BCUT2D eigenvalue weighted by atomic mass is 35.5. The number of nitrogens with one attached hydrogen (secondary N) is 1. The van der Waals surface area contributed by atoms with E-state index in [1.807, 2.05) is 31.2 Å². The molecule has 2 heterocycles. The molecule has 0 aliphatic rings. The van der Waals surface area contributed by atoms with Crippen molar-refractivity contribution in [2.24, 2.45) is 0 Å². The van der Waals surface area contributed by atoms with Gasteiger partial charge in [-0.1, -0.05) is 11.6 Å². The molecule has 0 spiro atoms. The highest BCUT2D eigenvalue weighted by Gasteiger charge is 2.14. The third-order valence-electron chi connectivity index (χ3n) is 4.15. The normalized spacial score (nSPS) is 10.5. The number of likely N-dealkylation sites (N-methyl/N-ethyl adjacent to an activating group) is 1. The highest BCUT2D eigenvalue weighted by molar-refractivity contribution is 6.30. The first-order valence-corrected chi connectivity index (χ1v) is 8.90. The smallest absolute Gasteiger partial charge is 0.273 e. The van der Waals surface area contributed by atoms with Gasteiger partial charge in [0.2, 0.25) is 0 Å². The predicted octanol–water partition coefficient (Wildman–Crippen LogP) is 3.89. The van der Waals surface area contributed by atoms with Crippen LogP contribution in [0, 0.1) is 6.92 Å². The maximum atomic E-state index is 12.5. The number of rotatable bonds is 6. The van der Waals surface area contributed by atoms with Gasteiger partial charge in [0, 0.05) is 36.7 Å². The summed E-state index contributed by atoms with van der Waals surface area (Å²) in [6, 6.07) is 9.44. The molecule has 3 aromatic rings. The lowest BCUT2D eigenvalue weighted by Crippen LogP contribution is -2.29. The van der Waals surface area contributed by atoms with Crippen LogP contribution in [-0.4, -0.2) is 39.4 Å². The lowest BCUT2D eigenvalue weighted by molar-refractivity contribution is 0.0790. The van der Waals surface area contributed by atoms with Crippen LogP contribution in [0.3, 0.4) is 0 Å². The first kappa shape index (κ1) is 18.8. The fourth-order valence-electron chi connectivity index (χ4n) is 2.55. The Morgan fingerprint density at radius 3 is 2.59 bits per heavy atom. The maximum absolute atomic E-state index is 12.5. The van der Waals surface area contributed by atoms with Gasteiger partial charge in [-0.05, 0) is 54.8 Å². The van der Waals surface area contributed by atoms with Gasteiger partial charge in [0.15, 0.2) is 0 Å². The molecule has 0 atom stereocenters. The first-order chi connectivity index (χ1) is 13.0. The number of pyridine rings is 1. The van der Waals surface area contributed by atoms with Crippen molar-refractivity contribution in [2.75, 3.05) is 18.9 Å². The van der Waals surface area contributed by atoms with Crippen molar-refractivity contribution >= 4 is 29.0 Å². The number of hydrogen-bond donors (Lipinski definition) is 1. The Bertz CT molecular complexity index is 915. The number of amides is 1. The minimum atomic E-state index is -0.161. The molecule has 0 aliphatic carbocycles. The summed E-state index contributed by atoms with van der Waals surface area (Å²) in [5.41, 5.74) is 3.33. The summed E-state index contributed by atoms with van der Waals surface area (Å²) in [4.78, 5) is 26.7. The quantitative estimate of drug-likeness (QED) is 0.701. The van der Waals surface area contributed by atoms with E-state index in [9.17, 15) is 4.79 Å². The molecular weight excluding hydrogens is 362 g/mol. The van der Waals surface area contributed by atoms with E-state index in [2.05, 4.69) is 20.3 Å². The number of halogens is 1. The average Bonchev–Trinajstić information content (AvgIpc) is 2.69. The Kier molecular flexibility index (Phi) is 5.98. The molecule has 0 bridgehead atoms. The van der Waals surface area contributed by atoms with E-state index >= 15 is 0 Å². The monoisotopic (exact) mass is 381 g/mol. The molecule has 6 nitrogen and oxygen atoms in total. The molecule has 0 unspecified atom stereocenters. The predicted molar refractivity (Wildman–Crippen MR) is 106 cm³/mol. The number of carbonyl (C=O) groups excluding carboxylic acids is 1. The summed E-state index contributed by atoms with van der Waals surface area (Å²) in [6.07, 6.45) is 7.29. The fourth-order valence-corrected chi connectivity index (χ4v) is 2.78. The molecule has 0 saturated carbocycles. The Morgan fingerprint density at radius 2 is 1.93 bits per heavy atom. The van der Waals surface area contributed by atoms with Crippen molar-refractivity contribution in [3.63, 3.8) is 0 Å². The molecular formula is C20H20ClN5O. The molecule has 2 aromatic heterocycles. The van der Waals surface area contributed by atoms with Crippen LogP contribution in [0.4, 0.5) is 11.5 Å². The van der Waals surface area contributed by atoms with E-state index in [-0.39, 0.29) is 5.91 Å². The Hall–Kier alpha value is -2.99. The van der Waals surface area contributed by atoms with Crippen LogP contribution < -0.4 is 5.32 Å². The maximum Gasteiger partial charge on any atom is 0.273 e. The molecule has 1 aromatic carbocycles. The van der Waals surface area contributed by atoms with E-state index in [0.717, 1.165) is 23.2 Å². The Balaban J connectivity index is 1.61. The molecule has 7 heteroatoms. The number of hydrogen-bond acceptors (Lipinski definition) is 5. The van der Waals surface area contributed by atoms with Gasteiger partial charge in [-0.2, -0.15) is 0 Å². The fraction of sp³-hybridized carbons (Fsp3) is 0.200. The summed E-state index contributed by atoms with van der Waals surface area (Å²) in [5.74, 6) is 0.405. The Morgan fingerprint density at radius 1 is 1.15 bits per heavy atom. The number of aryl methyl sites for hydroxylation is 1. The summed E-state index contributed by atoms with van der Waals surface area (Å²) in [7, 11) is 1.76. The largest absolute Gasteiger partial charge is 0.340 e. The number of aromatic nitrogens is 3. The van der Waals surface area contributed by atoms with E-state index < -0.39 is 0 Å². The molecule has 0 radical (unpaired) electrons. The van der Waals surface area contributed by atoms with Crippen LogP contribution in [0.5, 0.6) is 0 Å². The van der Waals surface area contributed by atoms with Crippen molar-refractivity contribution in [3.8, 4) is 0 Å². The minimum Gasteiger partial charge on any atom is -0.340 e. The number of carbonyl (C=O) groups is 1. The zero-order valence-corrected chi connectivity index (χ0v) is 15.9. The zero-order valence-electron chi connectivity index (χ0n) is 15.2. The van der Waals surface area contributed by atoms with E-state index in [1.54, 1.807) is 36.6 Å². The van der Waals surface area contributed by atoms with Crippen molar-refractivity contribution in [3.05, 3.63) is 77.0 Å². The molecule has 27 heavy (non-hydrogen) atoms. The summed E-state index contributed by atoms with van der Waals surface area (Å²) in [6.45, 7) is 2.55. The molecule has 1 N–H and O–H groups in total. The van der Waals surface area contributed by atoms with Gasteiger partial charge in [-0.15, -0.1) is 0 Å². The van der Waals surface area contributed by atoms with Crippen LogP contribution in [-0.2, 0) is 6.42 Å². The third-order valence-corrected chi connectivity index (χ3v) is 4.39. The van der Waals surface area contributed by atoms with Gasteiger partial charge in [0.05, 0.1) is 12.4 Å². The molecule has 3 rings (SSSR count). The topological polar surface area (TPSA) is 71.0 Å². The van der Waals surface area contributed by atoms with Gasteiger partial charge < -0.3 is 10.2 Å². The zero-order chi connectivity index (χ0) is 19.2. The van der Waals surface area contributed by atoms with Gasteiger partial charge in [-0.3, -0.25) is 9.78 Å². The van der Waals surface area contributed by atoms with Crippen molar-refractivity contribution in [2.45, 2.75) is 13.3 Å². The van der Waals surface area contributed by atoms with Crippen molar-refractivity contribution < 1.29 is 4.79 Å². The molecule has 0 fully saturated rings. The van der Waals surface area contributed by atoms with Gasteiger partial charge in [0.25, 0.3) is 5.91 Å². The van der Waals surface area contributed by atoms with Gasteiger partial charge in [-0.25, -0.2) is 9.97 Å². The van der Waals surface area contributed by atoms with Crippen LogP contribution in [0.15, 0.2) is 55.1 Å². The Labute approximate surface area is 163 Å². The summed E-state index contributed by atoms with van der Waals surface area (Å²) in [5, 5.41) is 3.86. The van der Waals surface area contributed by atoms with Gasteiger partial charge in [0.1, 0.15) is 11.5 Å². The second-order valence-electron chi connectivity index (χ2n) is 6.20.